The van der Waals surface area contributed by atoms with Crippen LogP contribution < -0.4 is 11.1 Å². The molecule has 26 heavy (non-hydrogen) atoms. The Balaban J connectivity index is 2.17. The van der Waals surface area contributed by atoms with Crippen LogP contribution in [-0.4, -0.2) is 5.91 Å². The SMILES string of the molecule is C=C/C=C\C(C#CC1=C(C)CCC(C(=O)Nc2ccc(Cl)cc2)=C1)=C/N. The summed E-state index contributed by atoms with van der Waals surface area (Å²) in [5, 5.41) is 3.52. The lowest BCUT2D eigenvalue weighted by molar-refractivity contribution is -0.113. The summed E-state index contributed by atoms with van der Waals surface area (Å²) in [5.74, 6) is 6.01. The van der Waals surface area contributed by atoms with Crippen molar-refractivity contribution in [3.8, 4) is 11.8 Å². The average molecular weight is 365 g/mol. The Morgan fingerprint density at radius 3 is 2.69 bits per heavy atom. The van der Waals surface area contributed by atoms with Gasteiger partial charge in [0.1, 0.15) is 0 Å². The molecule has 3 N–H and O–H groups in total. The molecule has 0 radical (unpaired) electrons. The van der Waals surface area contributed by atoms with E-state index in [9.17, 15) is 4.79 Å². The normalized spacial score (nSPS) is 14.5. The number of carbonyl (C=O) groups excluding carboxylic acids is 1. The van der Waals surface area contributed by atoms with Crippen molar-refractivity contribution in [1.29, 1.82) is 0 Å². The smallest absolute Gasteiger partial charge is 0.251 e. The number of halogens is 1. The highest BCUT2D eigenvalue weighted by Crippen LogP contribution is 2.25. The molecular formula is C22H21ClN2O. The van der Waals surface area contributed by atoms with Gasteiger partial charge in [0.05, 0.1) is 0 Å². The van der Waals surface area contributed by atoms with Gasteiger partial charge in [0, 0.05) is 33.6 Å². The fourth-order valence-corrected chi connectivity index (χ4v) is 2.47. The number of rotatable bonds is 4. The van der Waals surface area contributed by atoms with Crippen LogP contribution in [0.15, 0.2) is 83.6 Å². The van der Waals surface area contributed by atoms with Crippen molar-refractivity contribution in [2.45, 2.75) is 19.8 Å². The zero-order chi connectivity index (χ0) is 18.9. The van der Waals surface area contributed by atoms with Crippen molar-refractivity contribution in [2.24, 2.45) is 5.73 Å². The Kier molecular flexibility index (Phi) is 7.08. The van der Waals surface area contributed by atoms with E-state index in [-0.39, 0.29) is 5.91 Å². The molecule has 1 aromatic carbocycles. The highest BCUT2D eigenvalue weighted by atomic mass is 35.5. The predicted octanol–water partition coefficient (Wildman–Crippen LogP) is 4.90. The molecule has 1 aromatic rings. The molecule has 1 aliphatic rings. The van der Waals surface area contributed by atoms with Crippen LogP contribution in [0.4, 0.5) is 5.69 Å². The van der Waals surface area contributed by atoms with E-state index in [4.69, 9.17) is 17.3 Å². The minimum atomic E-state index is -0.125. The van der Waals surface area contributed by atoms with Crippen LogP contribution in [0.5, 0.6) is 0 Å². The summed E-state index contributed by atoms with van der Waals surface area (Å²) in [5.41, 5.74) is 9.69. The van der Waals surface area contributed by atoms with Gasteiger partial charge in [-0.1, -0.05) is 47.7 Å². The summed E-state index contributed by atoms with van der Waals surface area (Å²) in [4.78, 5) is 12.5. The van der Waals surface area contributed by atoms with Crippen LogP contribution in [0.1, 0.15) is 19.8 Å². The number of amides is 1. The largest absolute Gasteiger partial charge is 0.404 e. The molecule has 0 atom stereocenters. The third kappa shape index (κ3) is 5.54. The molecule has 0 aromatic heterocycles. The van der Waals surface area contributed by atoms with Gasteiger partial charge >= 0.3 is 0 Å². The summed E-state index contributed by atoms with van der Waals surface area (Å²) < 4.78 is 0. The average Bonchev–Trinajstić information content (AvgIpc) is 2.65. The summed E-state index contributed by atoms with van der Waals surface area (Å²) in [7, 11) is 0. The minimum Gasteiger partial charge on any atom is -0.404 e. The first-order valence-electron chi connectivity index (χ1n) is 8.23. The molecule has 2 rings (SSSR count). The number of anilines is 1. The Morgan fingerprint density at radius 1 is 1.31 bits per heavy atom. The quantitative estimate of drug-likeness (QED) is 0.589. The van der Waals surface area contributed by atoms with Crippen LogP contribution in [-0.2, 0) is 4.79 Å². The molecule has 0 aliphatic heterocycles. The fraction of sp³-hybridized carbons (Fsp3) is 0.136. The molecule has 0 unspecified atom stereocenters. The summed E-state index contributed by atoms with van der Waals surface area (Å²) >= 11 is 5.87. The number of allylic oxidation sites excluding steroid dienone is 7. The Bertz CT molecular complexity index is 875. The number of hydrogen-bond acceptors (Lipinski definition) is 2. The molecule has 0 heterocycles. The first kappa shape index (κ1) is 19.4. The van der Waals surface area contributed by atoms with Crippen molar-refractivity contribution in [3.63, 3.8) is 0 Å². The molecule has 0 bridgehead atoms. The predicted molar refractivity (Wildman–Crippen MR) is 109 cm³/mol. The zero-order valence-corrected chi connectivity index (χ0v) is 15.4. The molecule has 0 fully saturated rings. The first-order valence-corrected chi connectivity index (χ1v) is 8.61. The van der Waals surface area contributed by atoms with Gasteiger partial charge in [-0.2, -0.15) is 0 Å². The molecule has 3 nitrogen and oxygen atoms in total. The second kappa shape index (κ2) is 9.50. The summed E-state index contributed by atoms with van der Waals surface area (Å²) in [6, 6.07) is 7.03. The monoisotopic (exact) mass is 364 g/mol. The lowest BCUT2D eigenvalue weighted by atomic mass is 9.92. The van der Waals surface area contributed by atoms with Crippen LogP contribution in [0.3, 0.4) is 0 Å². The molecule has 1 aliphatic carbocycles. The number of nitrogens with one attached hydrogen (secondary N) is 1. The van der Waals surface area contributed by atoms with E-state index >= 15 is 0 Å². The van der Waals surface area contributed by atoms with Gasteiger partial charge in [0.2, 0.25) is 0 Å². The molecule has 4 heteroatoms. The van der Waals surface area contributed by atoms with Crippen LogP contribution >= 0.6 is 11.6 Å². The van der Waals surface area contributed by atoms with Gasteiger partial charge in [0.15, 0.2) is 0 Å². The molecule has 132 valence electrons. The Labute approximate surface area is 159 Å². The molecular weight excluding hydrogens is 344 g/mol. The lowest BCUT2D eigenvalue weighted by Crippen LogP contribution is -2.16. The third-order valence-electron chi connectivity index (χ3n) is 3.87. The van der Waals surface area contributed by atoms with Gasteiger partial charge in [-0.15, -0.1) is 0 Å². The molecule has 0 saturated heterocycles. The second-order valence-corrected chi connectivity index (χ2v) is 6.23. The number of hydrogen-bond donors (Lipinski definition) is 2. The van der Waals surface area contributed by atoms with Crippen molar-refractivity contribution in [3.05, 3.63) is 88.7 Å². The molecule has 0 saturated carbocycles. The molecule has 0 spiro atoms. The summed E-state index contributed by atoms with van der Waals surface area (Å²) in [6.07, 6.45) is 10.0. The van der Waals surface area contributed by atoms with Crippen LogP contribution in [0.25, 0.3) is 0 Å². The third-order valence-corrected chi connectivity index (χ3v) is 4.13. The van der Waals surface area contributed by atoms with E-state index in [0.717, 1.165) is 17.6 Å². The van der Waals surface area contributed by atoms with E-state index < -0.39 is 0 Å². The van der Waals surface area contributed by atoms with Gasteiger partial charge < -0.3 is 11.1 Å². The van der Waals surface area contributed by atoms with Crippen molar-refractivity contribution in [2.75, 3.05) is 5.32 Å². The minimum absolute atomic E-state index is 0.125. The highest BCUT2D eigenvalue weighted by molar-refractivity contribution is 6.30. The fourth-order valence-electron chi connectivity index (χ4n) is 2.34. The molecule has 1 amide bonds. The topological polar surface area (TPSA) is 55.1 Å². The van der Waals surface area contributed by atoms with Crippen molar-refractivity contribution < 1.29 is 4.79 Å². The van der Waals surface area contributed by atoms with E-state index in [1.807, 2.05) is 13.0 Å². The number of nitrogens with two attached hydrogens (primary N) is 1. The second-order valence-electron chi connectivity index (χ2n) is 5.79. The van der Waals surface area contributed by atoms with Gasteiger partial charge in [-0.05, 0) is 56.2 Å². The van der Waals surface area contributed by atoms with E-state index in [0.29, 0.717) is 28.3 Å². The van der Waals surface area contributed by atoms with Gasteiger partial charge in [-0.3, -0.25) is 4.79 Å². The van der Waals surface area contributed by atoms with Crippen molar-refractivity contribution >= 4 is 23.2 Å². The van der Waals surface area contributed by atoms with Crippen molar-refractivity contribution in [1.82, 2.24) is 0 Å². The highest BCUT2D eigenvalue weighted by Gasteiger charge is 2.15. The Morgan fingerprint density at radius 2 is 2.04 bits per heavy atom. The maximum absolute atomic E-state index is 12.5. The summed E-state index contributed by atoms with van der Waals surface area (Å²) in [6.45, 7) is 5.65. The maximum Gasteiger partial charge on any atom is 0.251 e. The maximum atomic E-state index is 12.5. The first-order chi connectivity index (χ1) is 12.5. The van der Waals surface area contributed by atoms with Gasteiger partial charge in [0.25, 0.3) is 5.91 Å². The van der Waals surface area contributed by atoms with E-state index in [2.05, 4.69) is 23.7 Å². The van der Waals surface area contributed by atoms with Crippen LogP contribution in [0.2, 0.25) is 5.02 Å². The standard InChI is InChI=1S/C22H21ClN2O/c1-3-4-5-17(15-24)7-9-18-14-19(8-6-16(18)2)22(26)25-21-12-10-20(23)11-13-21/h3-5,10-15H,1,6,8,24H2,2H3,(H,25,26)/b5-4-,17-15+. The number of benzene rings is 1. The lowest BCUT2D eigenvalue weighted by Gasteiger charge is -2.15. The van der Waals surface area contributed by atoms with E-state index in [1.54, 1.807) is 42.5 Å². The van der Waals surface area contributed by atoms with Crippen LogP contribution in [0, 0.1) is 11.8 Å². The number of carbonyl (C=O) groups is 1. The Hall–Kier alpha value is -2.96. The van der Waals surface area contributed by atoms with Gasteiger partial charge in [-0.25, -0.2) is 0 Å². The zero-order valence-electron chi connectivity index (χ0n) is 14.7. The van der Waals surface area contributed by atoms with E-state index in [1.165, 1.54) is 6.20 Å².